The van der Waals surface area contributed by atoms with Crippen molar-refractivity contribution in [2.75, 3.05) is 26.8 Å². The van der Waals surface area contributed by atoms with Gasteiger partial charge >= 0.3 is 5.97 Å². The van der Waals surface area contributed by atoms with Gasteiger partial charge in [0.25, 0.3) is 0 Å². The molecule has 0 bridgehead atoms. The summed E-state index contributed by atoms with van der Waals surface area (Å²) in [6.45, 7) is 4.53. The van der Waals surface area contributed by atoms with E-state index in [1.54, 1.807) is 0 Å². The van der Waals surface area contributed by atoms with Gasteiger partial charge in [0.1, 0.15) is 12.4 Å². The van der Waals surface area contributed by atoms with Crippen LogP contribution in [0.15, 0.2) is 79.0 Å². The Morgan fingerprint density at radius 2 is 1.92 bits per heavy atom. The molecule has 1 aromatic heterocycles. The van der Waals surface area contributed by atoms with Crippen molar-refractivity contribution in [3.63, 3.8) is 0 Å². The van der Waals surface area contributed by atoms with Crippen LogP contribution in [-0.4, -0.2) is 42.7 Å². The lowest BCUT2D eigenvalue weighted by molar-refractivity contribution is -0.134. The number of nitrogens with zero attached hydrogens (tertiary/aromatic N) is 1. The van der Waals surface area contributed by atoms with Crippen molar-refractivity contribution in [1.29, 1.82) is 0 Å². The molecular weight excluding hydrogens is 460 g/mol. The van der Waals surface area contributed by atoms with Crippen LogP contribution in [0.3, 0.4) is 0 Å². The van der Waals surface area contributed by atoms with E-state index in [1.807, 2.05) is 18.2 Å². The number of nitrogens with one attached hydrogen (secondary N) is 1. The van der Waals surface area contributed by atoms with E-state index in [1.165, 1.54) is 46.3 Å². The molecule has 1 heterocycles. The summed E-state index contributed by atoms with van der Waals surface area (Å²) < 4.78 is 10.9. The largest absolute Gasteiger partial charge is 0.492 e. The van der Waals surface area contributed by atoms with Crippen molar-refractivity contribution in [2.45, 2.75) is 32.2 Å². The number of aryl methyl sites for hydroxylation is 2. The summed E-state index contributed by atoms with van der Waals surface area (Å²) >= 11 is 0. The maximum absolute atomic E-state index is 11.5. The van der Waals surface area contributed by atoms with Crippen molar-refractivity contribution in [1.82, 2.24) is 9.88 Å². The van der Waals surface area contributed by atoms with Crippen LogP contribution in [0.5, 0.6) is 5.75 Å². The maximum Gasteiger partial charge on any atom is 0.330 e. The summed E-state index contributed by atoms with van der Waals surface area (Å²) in [6, 6.07) is 23.6. The normalized spacial score (nSPS) is 14.9. The van der Waals surface area contributed by atoms with E-state index >= 15 is 0 Å². The van der Waals surface area contributed by atoms with Crippen LogP contribution in [-0.2, 0) is 22.4 Å². The number of carbonyl (C=O) groups is 1. The number of aromatic amines is 1. The fourth-order valence-electron chi connectivity index (χ4n) is 5.27. The first-order valence-corrected chi connectivity index (χ1v) is 13.0. The van der Waals surface area contributed by atoms with Gasteiger partial charge in [-0.1, -0.05) is 54.1 Å². The second kappa shape index (κ2) is 11.5. The molecule has 0 saturated carbocycles. The zero-order valence-electron chi connectivity index (χ0n) is 21.6. The molecule has 1 aliphatic carbocycles. The summed E-state index contributed by atoms with van der Waals surface area (Å²) in [6.07, 6.45) is 8.53. The molecule has 5 nitrogen and oxygen atoms in total. The third kappa shape index (κ3) is 5.95. The van der Waals surface area contributed by atoms with Crippen molar-refractivity contribution in [3.05, 3.63) is 107 Å². The number of hydrogen-bond donors (Lipinski definition) is 1. The third-order valence-corrected chi connectivity index (χ3v) is 7.28. The molecule has 0 radical (unpaired) electrons. The number of ether oxygens (including phenoxy) is 2. The van der Waals surface area contributed by atoms with E-state index in [2.05, 4.69) is 77.6 Å². The van der Waals surface area contributed by atoms with Gasteiger partial charge in [0.15, 0.2) is 0 Å². The first-order valence-electron chi connectivity index (χ1n) is 13.0. The van der Waals surface area contributed by atoms with Crippen LogP contribution in [0.1, 0.15) is 40.3 Å². The minimum Gasteiger partial charge on any atom is -0.492 e. The number of H-pyrrole nitrogens is 1. The molecule has 1 N–H and O–H groups in total. The predicted molar refractivity (Wildman–Crippen MR) is 149 cm³/mol. The molecule has 0 aliphatic heterocycles. The number of methoxy groups -OCH3 is 1. The summed E-state index contributed by atoms with van der Waals surface area (Å²) in [7, 11) is 1.40. The van der Waals surface area contributed by atoms with Crippen molar-refractivity contribution < 1.29 is 14.3 Å². The Bertz CT molecular complexity index is 1390. The molecule has 0 saturated heterocycles. The first-order chi connectivity index (χ1) is 18.1. The number of para-hydroxylation sites is 1. The zero-order chi connectivity index (χ0) is 25.6. The van der Waals surface area contributed by atoms with Crippen LogP contribution in [0.2, 0.25) is 0 Å². The van der Waals surface area contributed by atoms with Crippen LogP contribution < -0.4 is 4.74 Å². The number of aromatic nitrogens is 1. The van der Waals surface area contributed by atoms with Gasteiger partial charge in [-0.25, -0.2) is 4.79 Å². The van der Waals surface area contributed by atoms with E-state index in [0.29, 0.717) is 12.6 Å². The molecule has 37 heavy (non-hydrogen) atoms. The highest BCUT2D eigenvalue weighted by Gasteiger charge is 2.28. The zero-order valence-corrected chi connectivity index (χ0v) is 21.6. The number of hydrogen-bond acceptors (Lipinski definition) is 4. The third-order valence-electron chi connectivity index (χ3n) is 7.28. The Labute approximate surface area is 218 Å². The predicted octanol–water partition coefficient (Wildman–Crippen LogP) is 6.27. The van der Waals surface area contributed by atoms with E-state index in [9.17, 15) is 4.79 Å². The number of fused-ring (bicyclic) bond motifs is 2. The quantitative estimate of drug-likeness (QED) is 0.208. The standard InChI is InChI=1S/C32H34N2O3/c1-23-7-12-27(13-8-23)37-20-19-34(18-17-26-22-33-30-6-4-3-5-28(26)30)31-15-11-25-21-24(9-14-29(25)31)10-16-32(35)36-2/h3-10,12-14,16,21-22,31,33H,11,15,17-20H2,1-2H3. The molecule has 1 unspecified atom stereocenters. The molecule has 1 aliphatic rings. The van der Waals surface area contributed by atoms with Gasteiger partial charge in [-0.05, 0) is 72.7 Å². The first kappa shape index (κ1) is 24.8. The molecule has 5 heteroatoms. The van der Waals surface area contributed by atoms with Crippen molar-refractivity contribution in [2.24, 2.45) is 0 Å². The van der Waals surface area contributed by atoms with E-state index in [0.717, 1.165) is 43.7 Å². The van der Waals surface area contributed by atoms with Crippen LogP contribution in [0.25, 0.3) is 17.0 Å². The molecule has 3 aromatic carbocycles. The number of carbonyl (C=O) groups excluding carboxylic acids is 1. The lowest BCUT2D eigenvalue weighted by Gasteiger charge is -2.29. The highest BCUT2D eigenvalue weighted by Crippen LogP contribution is 2.36. The molecule has 1 atom stereocenters. The molecule has 190 valence electrons. The van der Waals surface area contributed by atoms with E-state index in [-0.39, 0.29) is 5.97 Å². The number of benzene rings is 3. The Hall–Kier alpha value is -3.83. The molecule has 0 spiro atoms. The fraction of sp³-hybridized carbons (Fsp3) is 0.281. The highest BCUT2D eigenvalue weighted by molar-refractivity contribution is 5.87. The van der Waals surface area contributed by atoms with Gasteiger partial charge in [0, 0.05) is 42.3 Å². The Morgan fingerprint density at radius 1 is 1.08 bits per heavy atom. The minimum absolute atomic E-state index is 0.338. The van der Waals surface area contributed by atoms with Gasteiger partial charge in [-0.2, -0.15) is 0 Å². The SMILES string of the molecule is COC(=O)C=Cc1ccc2c(c1)CCC2N(CCOc1ccc(C)cc1)CCc1c[nH]c2ccccc12. The van der Waals surface area contributed by atoms with Gasteiger partial charge < -0.3 is 14.5 Å². The monoisotopic (exact) mass is 494 g/mol. The van der Waals surface area contributed by atoms with Gasteiger partial charge in [-0.15, -0.1) is 0 Å². The second-order valence-corrected chi connectivity index (χ2v) is 9.68. The lowest BCUT2D eigenvalue weighted by atomic mass is 10.0. The molecule has 0 amide bonds. The van der Waals surface area contributed by atoms with Gasteiger partial charge in [-0.3, -0.25) is 4.90 Å². The van der Waals surface area contributed by atoms with E-state index in [4.69, 9.17) is 9.47 Å². The summed E-state index contributed by atoms with van der Waals surface area (Å²) in [4.78, 5) is 17.5. The highest BCUT2D eigenvalue weighted by atomic mass is 16.5. The Kier molecular flexibility index (Phi) is 7.71. The van der Waals surface area contributed by atoms with Gasteiger partial charge in [0.2, 0.25) is 0 Å². The Morgan fingerprint density at radius 3 is 2.76 bits per heavy atom. The van der Waals surface area contributed by atoms with Crippen LogP contribution in [0.4, 0.5) is 0 Å². The molecular formula is C32H34N2O3. The van der Waals surface area contributed by atoms with Crippen molar-refractivity contribution >= 4 is 22.9 Å². The van der Waals surface area contributed by atoms with Gasteiger partial charge in [0.05, 0.1) is 7.11 Å². The fourth-order valence-corrected chi connectivity index (χ4v) is 5.27. The number of esters is 1. The maximum atomic E-state index is 11.5. The summed E-state index contributed by atoms with van der Waals surface area (Å²) in [5.74, 6) is 0.575. The van der Waals surface area contributed by atoms with Crippen LogP contribution >= 0.6 is 0 Å². The van der Waals surface area contributed by atoms with Crippen molar-refractivity contribution in [3.8, 4) is 5.75 Å². The summed E-state index contributed by atoms with van der Waals surface area (Å²) in [5, 5.41) is 1.30. The molecule has 5 rings (SSSR count). The average Bonchev–Trinajstić information content (AvgIpc) is 3.54. The topological polar surface area (TPSA) is 54.6 Å². The smallest absolute Gasteiger partial charge is 0.330 e. The Balaban J connectivity index is 1.32. The molecule has 0 fully saturated rings. The second-order valence-electron chi connectivity index (χ2n) is 9.68. The number of rotatable bonds is 10. The molecule has 4 aromatic rings. The summed E-state index contributed by atoms with van der Waals surface area (Å²) in [5.41, 5.74) is 7.53. The average molecular weight is 495 g/mol. The van der Waals surface area contributed by atoms with Crippen LogP contribution in [0, 0.1) is 6.92 Å². The lowest BCUT2D eigenvalue weighted by Crippen LogP contribution is -2.33. The van der Waals surface area contributed by atoms with E-state index < -0.39 is 0 Å². The minimum atomic E-state index is -0.338.